The summed E-state index contributed by atoms with van der Waals surface area (Å²) in [6.07, 6.45) is 1.39. The van der Waals surface area contributed by atoms with Crippen LogP contribution < -0.4 is 14.8 Å². The number of nitrogens with one attached hydrogen (secondary N) is 1. The van der Waals surface area contributed by atoms with E-state index in [0.717, 1.165) is 0 Å². The van der Waals surface area contributed by atoms with E-state index in [1.807, 2.05) is 6.07 Å². The van der Waals surface area contributed by atoms with Crippen molar-refractivity contribution in [2.24, 2.45) is 7.05 Å². The molecule has 0 radical (unpaired) electrons. The fourth-order valence-electron chi connectivity index (χ4n) is 1.83. The van der Waals surface area contributed by atoms with Crippen LogP contribution in [0.3, 0.4) is 0 Å². The number of aromatic nitrogens is 2. The molecular weight excluding hydrogens is 272 g/mol. The van der Waals surface area contributed by atoms with Gasteiger partial charge in [-0.1, -0.05) is 0 Å². The molecule has 0 aliphatic rings. The maximum Gasteiger partial charge on any atom is 0.260 e. The van der Waals surface area contributed by atoms with Crippen molar-refractivity contribution < 1.29 is 14.3 Å². The van der Waals surface area contributed by atoms with E-state index in [4.69, 9.17) is 14.7 Å². The van der Waals surface area contributed by atoms with Crippen LogP contribution in [0.4, 0.5) is 5.82 Å². The molecule has 0 bridgehead atoms. The Morgan fingerprint density at radius 1 is 1.38 bits per heavy atom. The molecule has 2 rings (SSSR count). The summed E-state index contributed by atoms with van der Waals surface area (Å²) in [6, 6.07) is 6.84. The van der Waals surface area contributed by atoms with Crippen molar-refractivity contribution in [2.45, 2.75) is 0 Å². The Labute approximate surface area is 121 Å². The summed E-state index contributed by atoms with van der Waals surface area (Å²) in [6.45, 7) is 0. The Morgan fingerprint density at radius 2 is 2.14 bits per heavy atom. The second kappa shape index (κ2) is 5.96. The molecule has 0 spiro atoms. The number of aryl methyl sites for hydroxylation is 1. The van der Waals surface area contributed by atoms with E-state index >= 15 is 0 Å². The van der Waals surface area contributed by atoms with Gasteiger partial charge in [-0.15, -0.1) is 0 Å². The minimum atomic E-state index is -0.394. The first kappa shape index (κ1) is 14.4. The number of ether oxygens (including phenoxy) is 2. The third kappa shape index (κ3) is 2.79. The average molecular weight is 286 g/mol. The molecule has 0 aliphatic carbocycles. The van der Waals surface area contributed by atoms with E-state index in [0.29, 0.717) is 28.4 Å². The van der Waals surface area contributed by atoms with Gasteiger partial charge < -0.3 is 14.8 Å². The molecule has 0 saturated heterocycles. The van der Waals surface area contributed by atoms with Crippen molar-refractivity contribution in [1.29, 1.82) is 5.26 Å². The smallest absolute Gasteiger partial charge is 0.260 e. The van der Waals surface area contributed by atoms with Crippen LogP contribution in [0.2, 0.25) is 0 Å². The third-order valence-electron chi connectivity index (χ3n) is 2.94. The maximum absolute atomic E-state index is 12.3. The van der Waals surface area contributed by atoms with E-state index in [1.54, 1.807) is 25.2 Å². The van der Waals surface area contributed by atoms with Gasteiger partial charge in [-0.05, 0) is 12.1 Å². The van der Waals surface area contributed by atoms with Crippen molar-refractivity contribution in [3.8, 4) is 17.6 Å². The molecule has 7 heteroatoms. The standard InChI is InChI=1S/C14H14N4O3/c1-18-13(9(7-15)8-16-18)17-14(19)11-5-4-10(20-2)6-12(11)21-3/h4-6,8H,1-3H3,(H,17,19). The van der Waals surface area contributed by atoms with Crippen LogP contribution in [0.25, 0.3) is 0 Å². The largest absolute Gasteiger partial charge is 0.497 e. The summed E-state index contributed by atoms with van der Waals surface area (Å²) >= 11 is 0. The van der Waals surface area contributed by atoms with Gasteiger partial charge in [-0.25, -0.2) is 0 Å². The number of hydrogen-bond acceptors (Lipinski definition) is 5. The predicted molar refractivity (Wildman–Crippen MR) is 75.4 cm³/mol. The summed E-state index contributed by atoms with van der Waals surface area (Å²) < 4.78 is 11.7. The molecule has 0 aliphatic heterocycles. The third-order valence-corrected chi connectivity index (χ3v) is 2.94. The quantitative estimate of drug-likeness (QED) is 0.921. The van der Waals surface area contributed by atoms with Crippen LogP contribution in [0.5, 0.6) is 11.5 Å². The van der Waals surface area contributed by atoms with Gasteiger partial charge in [0.2, 0.25) is 0 Å². The Kier molecular flexibility index (Phi) is 4.09. The fraction of sp³-hybridized carbons (Fsp3) is 0.214. The highest BCUT2D eigenvalue weighted by molar-refractivity contribution is 6.06. The van der Waals surface area contributed by atoms with E-state index < -0.39 is 5.91 Å². The molecule has 1 N–H and O–H groups in total. The number of carbonyl (C=O) groups is 1. The molecule has 2 aromatic rings. The van der Waals surface area contributed by atoms with Gasteiger partial charge in [-0.2, -0.15) is 10.4 Å². The number of anilines is 1. The molecule has 1 amide bonds. The van der Waals surface area contributed by atoms with Crippen LogP contribution >= 0.6 is 0 Å². The van der Waals surface area contributed by atoms with Gasteiger partial charge in [0.1, 0.15) is 28.9 Å². The number of methoxy groups -OCH3 is 2. The van der Waals surface area contributed by atoms with Gasteiger partial charge in [0.15, 0.2) is 0 Å². The van der Waals surface area contributed by atoms with Crippen molar-refractivity contribution in [3.05, 3.63) is 35.5 Å². The van der Waals surface area contributed by atoms with Crippen molar-refractivity contribution in [1.82, 2.24) is 9.78 Å². The van der Waals surface area contributed by atoms with E-state index in [1.165, 1.54) is 25.1 Å². The number of carbonyl (C=O) groups excluding carboxylic acids is 1. The number of rotatable bonds is 4. The Morgan fingerprint density at radius 3 is 2.76 bits per heavy atom. The zero-order chi connectivity index (χ0) is 15.4. The SMILES string of the molecule is COc1ccc(C(=O)Nc2c(C#N)cnn2C)c(OC)c1. The Balaban J connectivity index is 2.33. The molecule has 0 atom stereocenters. The summed E-state index contributed by atoms with van der Waals surface area (Å²) in [5.41, 5.74) is 0.627. The highest BCUT2D eigenvalue weighted by Gasteiger charge is 2.17. The predicted octanol–water partition coefficient (Wildman–Crippen LogP) is 1.56. The van der Waals surface area contributed by atoms with Gasteiger partial charge in [0.05, 0.1) is 26.0 Å². The molecule has 7 nitrogen and oxygen atoms in total. The lowest BCUT2D eigenvalue weighted by Gasteiger charge is -2.11. The minimum Gasteiger partial charge on any atom is -0.497 e. The lowest BCUT2D eigenvalue weighted by atomic mass is 10.1. The molecule has 1 aromatic carbocycles. The lowest BCUT2D eigenvalue weighted by molar-refractivity contribution is 0.102. The molecular formula is C14H14N4O3. The lowest BCUT2D eigenvalue weighted by Crippen LogP contribution is -2.16. The Bertz CT molecular complexity index is 715. The molecule has 0 saturated carbocycles. The van der Waals surface area contributed by atoms with Crippen LogP contribution in [0.15, 0.2) is 24.4 Å². The van der Waals surface area contributed by atoms with Gasteiger partial charge in [0, 0.05) is 13.1 Å². The summed E-state index contributed by atoms with van der Waals surface area (Å²) in [7, 11) is 4.64. The molecule has 21 heavy (non-hydrogen) atoms. The van der Waals surface area contributed by atoms with Gasteiger partial charge >= 0.3 is 0 Å². The fourth-order valence-corrected chi connectivity index (χ4v) is 1.83. The number of nitrogens with zero attached hydrogens (tertiary/aromatic N) is 3. The van der Waals surface area contributed by atoms with Crippen molar-refractivity contribution in [2.75, 3.05) is 19.5 Å². The zero-order valence-electron chi connectivity index (χ0n) is 11.9. The van der Waals surface area contributed by atoms with E-state index in [9.17, 15) is 4.79 Å². The first-order valence-corrected chi connectivity index (χ1v) is 6.06. The van der Waals surface area contributed by atoms with Gasteiger partial charge in [-0.3, -0.25) is 9.48 Å². The topological polar surface area (TPSA) is 89.2 Å². The first-order valence-electron chi connectivity index (χ1n) is 6.06. The Hall–Kier alpha value is -3.01. The molecule has 108 valence electrons. The number of nitriles is 1. The van der Waals surface area contributed by atoms with Crippen LogP contribution in [0, 0.1) is 11.3 Å². The van der Waals surface area contributed by atoms with Crippen molar-refractivity contribution >= 4 is 11.7 Å². The molecule has 0 fully saturated rings. The maximum atomic E-state index is 12.3. The summed E-state index contributed by atoms with van der Waals surface area (Å²) in [5.74, 6) is 0.907. The van der Waals surface area contributed by atoms with Crippen LogP contribution in [-0.4, -0.2) is 29.9 Å². The van der Waals surface area contributed by atoms with Crippen LogP contribution in [0.1, 0.15) is 15.9 Å². The average Bonchev–Trinajstić information content (AvgIpc) is 2.86. The second-order valence-electron chi connectivity index (χ2n) is 4.16. The first-order chi connectivity index (χ1) is 10.1. The summed E-state index contributed by atoms with van der Waals surface area (Å²) in [5, 5.41) is 15.6. The highest BCUT2D eigenvalue weighted by atomic mass is 16.5. The second-order valence-corrected chi connectivity index (χ2v) is 4.16. The zero-order valence-corrected chi connectivity index (χ0v) is 11.9. The number of hydrogen-bond donors (Lipinski definition) is 1. The molecule has 1 aromatic heterocycles. The number of benzene rings is 1. The van der Waals surface area contributed by atoms with Gasteiger partial charge in [0.25, 0.3) is 5.91 Å². The normalized spacial score (nSPS) is 9.81. The van der Waals surface area contributed by atoms with Crippen LogP contribution in [-0.2, 0) is 7.05 Å². The monoisotopic (exact) mass is 286 g/mol. The molecule has 0 unspecified atom stereocenters. The van der Waals surface area contributed by atoms with Crippen molar-refractivity contribution in [3.63, 3.8) is 0 Å². The van der Waals surface area contributed by atoms with E-state index in [-0.39, 0.29) is 0 Å². The highest BCUT2D eigenvalue weighted by Crippen LogP contribution is 2.25. The molecule has 1 heterocycles. The number of amides is 1. The van der Waals surface area contributed by atoms with E-state index in [2.05, 4.69) is 10.4 Å². The summed E-state index contributed by atoms with van der Waals surface area (Å²) in [4.78, 5) is 12.3. The minimum absolute atomic E-state index is 0.290.